The van der Waals surface area contributed by atoms with Crippen molar-refractivity contribution < 1.29 is 19.7 Å². The van der Waals surface area contributed by atoms with Gasteiger partial charge in [0.05, 0.1) is 6.20 Å². The zero-order chi connectivity index (χ0) is 11.5. The molecular formula is C10H13NO4. The molecule has 15 heavy (non-hydrogen) atoms. The molecule has 1 aromatic rings. The molecule has 82 valence electrons. The molecule has 0 spiro atoms. The predicted octanol–water partition coefficient (Wildman–Crippen LogP) is 0.604. The monoisotopic (exact) mass is 211 g/mol. The lowest BCUT2D eigenvalue weighted by atomic mass is 10.1. The number of rotatable bonds is 4. The number of aliphatic hydroxyl groups is 1. The Morgan fingerprint density at radius 2 is 2.27 bits per heavy atom. The molecule has 1 aromatic heterocycles. The molecule has 1 rings (SSSR count). The van der Waals surface area contributed by atoms with Crippen LogP contribution in [-0.2, 0) is 4.79 Å². The summed E-state index contributed by atoms with van der Waals surface area (Å²) in [7, 11) is 0. The van der Waals surface area contributed by atoms with Gasteiger partial charge in [0.1, 0.15) is 12.4 Å². The third-order valence-corrected chi connectivity index (χ3v) is 1.86. The van der Waals surface area contributed by atoms with Crippen LogP contribution in [-0.4, -0.2) is 33.4 Å². The first-order valence-corrected chi connectivity index (χ1v) is 4.43. The fourth-order valence-corrected chi connectivity index (χ4v) is 0.825. The Kier molecular flexibility index (Phi) is 3.26. The highest BCUT2D eigenvalue weighted by atomic mass is 16.5. The molecule has 0 radical (unpaired) electrons. The summed E-state index contributed by atoms with van der Waals surface area (Å²) in [6, 6.07) is 3.41. The zero-order valence-electron chi connectivity index (χ0n) is 8.60. The first-order valence-electron chi connectivity index (χ1n) is 4.43. The van der Waals surface area contributed by atoms with Crippen molar-refractivity contribution in [3.05, 3.63) is 24.0 Å². The van der Waals surface area contributed by atoms with E-state index in [0.717, 1.165) is 5.69 Å². The van der Waals surface area contributed by atoms with Crippen LogP contribution in [0.3, 0.4) is 0 Å². The number of aromatic nitrogens is 1. The molecule has 5 nitrogen and oxygen atoms in total. The van der Waals surface area contributed by atoms with Crippen LogP contribution in [0.1, 0.15) is 12.6 Å². The van der Waals surface area contributed by atoms with Crippen LogP contribution in [0, 0.1) is 6.92 Å². The number of carboxylic acid groups (broad SMARTS) is 1. The Balaban J connectivity index is 2.57. The summed E-state index contributed by atoms with van der Waals surface area (Å²) in [4.78, 5) is 14.5. The molecule has 0 amide bonds. The number of hydrogen-bond donors (Lipinski definition) is 2. The van der Waals surface area contributed by atoms with Crippen LogP contribution in [0.25, 0.3) is 0 Å². The molecule has 1 atom stereocenters. The lowest BCUT2D eigenvalue weighted by molar-refractivity contribution is -0.159. The van der Waals surface area contributed by atoms with Crippen LogP contribution >= 0.6 is 0 Å². The van der Waals surface area contributed by atoms with Crippen molar-refractivity contribution in [1.29, 1.82) is 0 Å². The standard InChI is InChI=1S/C10H13NO4/c1-7-3-4-8(5-11-7)15-6-10(2,14)9(12)13/h3-5,14H,6H2,1-2H3,(H,12,13). The van der Waals surface area contributed by atoms with Gasteiger partial charge in [-0.05, 0) is 26.0 Å². The Hall–Kier alpha value is -1.62. The highest BCUT2D eigenvalue weighted by Gasteiger charge is 2.30. The van der Waals surface area contributed by atoms with E-state index in [9.17, 15) is 9.90 Å². The minimum absolute atomic E-state index is 0.312. The zero-order valence-corrected chi connectivity index (χ0v) is 8.60. The van der Waals surface area contributed by atoms with Crippen LogP contribution in [0.15, 0.2) is 18.3 Å². The van der Waals surface area contributed by atoms with Crippen molar-refractivity contribution in [2.75, 3.05) is 6.61 Å². The van der Waals surface area contributed by atoms with Crippen LogP contribution in [0.5, 0.6) is 5.75 Å². The van der Waals surface area contributed by atoms with Gasteiger partial charge in [-0.3, -0.25) is 4.98 Å². The van der Waals surface area contributed by atoms with Crippen molar-refractivity contribution in [2.45, 2.75) is 19.4 Å². The summed E-state index contributed by atoms with van der Waals surface area (Å²) < 4.78 is 5.09. The number of hydrogen-bond acceptors (Lipinski definition) is 4. The molecule has 0 aliphatic carbocycles. The van der Waals surface area contributed by atoms with E-state index in [1.165, 1.54) is 13.1 Å². The van der Waals surface area contributed by atoms with Crippen molar-refractivity contribution in [3.63, 3.8) is 0 Å². The van der Waals surface area contributed by atoms with E-state index in [1.54, 1.807) is 12.1 Å². The van der Waals surface area contributed by atoms with Gasteiger partial charge in [-0.2, -0.15) is 0 Å². The van der Waals surface area contributed by atoms with Gasteiger partial charge in [0, 0.05) is 5.69 Å². The molecule has 0 aliphatic rings. The number of nitrogens with zero attached hydrogens (tertiary/aromatic N) is 1. The molecule has 1 heterocycles. The average molecular weight is 211 g/mol. The summed E-state index contributed by atoms with van der Waals surface area (Å²) in [6.45, 7) is 2.70. The number of ether oxygens (including phenoxy) is 1. The molecule has 1 unspecified atom stereocenters. The van der Waals surface area contributed by atoms with E-state index < -0.39 is 11.6 Å². The molecule has 0 fully saturated rings. The topological polar surface area (TPSA) is 79.7 Å². The quantitative estimate of drug-likeness (QED) is 0.762. The van der Waals surface area contributed by atoms with Gasteiger partial charge in [-0.15, -0.1) is 0 Å². The van der Waals surface area contributed by atoms with Gasteiger partial charge in [0.25, 0.3) is 0 Å². The van der Waals surface area contributed by atoms with E-state index in [1.807, 2.05) is 6.92 Å². The van der Waals surface area contributed by atoms with E-state index in [0.29, 0.717) is 5.75 Å². The maximum Gasteiger partial charge on any atom is 0.339 e. The Morgan fingerprint density at radius 3 is 2.73 bits per heavy atom. The SMILES string of the molecule is Cc1ccc(OCC(C)(O)C(=O)O)cn1. The predicted molar refractivity (Wildman–Crippen MR) is 52.7 cm³/mol. The second-order valence-corrected chi connectivity index (χ2v) is 3.50. The maximum absolute atomic E-state index is 10.6. The Labute approximate surface area is 87.3 Å². The molecule has 2 N–H and O–H groups in total. The third-order valence-electron chi connectivity index (χ3n) is 1.86. The van der Waals surface area contributed by atoms with Crippen molar-refractivity contribution in [2.24, 2.45) is 0 Å². The number of carbonyl (C=O) groups is 1. The smallest absolute Gasteiger partial charge is 0.339 e. The van der Waals surface area contributed by atoms with Gasteiger partial charge < -0.3 is 14.9 Å². The summed E-state index contributed by atoms with van der Waals surface area (Å²) in [5.74, 6) is -0.885. The van der Waals surface area contributed by atoms with Crippen molar-refractivity contribution in [1.82, 2.24) is 4.98 Å². The normalized spacial score (nSPS) is 14.3. The lowest BCUT2D eigenvalue weighted by Crippen LogP contribution is -2.41. The number of pyridine rings is 1. The fourth-order valence-electron chi connectivity index (χ4n) is 0.825. The van der Waals surface area contributed by atoms with Gasteiger partial charge in [-0.1, -0.05) is 0 Å². The molecule has 0 bridgehead atoms. The second-order valence-electron chi connectivity index (χ2n) is 3.50. The molecule has 0 aliphatic heterocycles. The minimum Gasteiger partial charge on any atom is -0.488 e. The maximum atomic E-state index is 10.6. The van der Waals surface area contributed by atoms with Crippen molar-refractivity contribution in [3.8, 4) is 5.75 Å². The number of carboxylic acids is 1. The van der Waals surface area contributed by atoms with E-state index in [4.69, 9.17) is 9.84 Å². The molecule has 0 saturated heterocycles. The van der Waals surface area contributed by atoms with Gasteiger partial charge in [0.2, 0.25) is 0 Å². The van der Waals surface area contributed by atoms with Gasteiger partial charge in [-0.25, -0.2) is 4.79 Å². The average Bonchev–Trinajstić information content (AvgIpc) is 2.17. The third kappa shape index (κ3) is 3.21. The highest BCUT2D eigenvalue weighted by molar-refractivity contribution is 5.76. The molecule has 0 saturated carbocycles. The van der Waals surface area contributed by atoms with Crippen LogP contribution < -0.4 is 4.74 Å². The Bertz CT molecular complexity index is 345. The summed E-state index contributed by atoms with van der Waals surface area (Å²) in [5.41, 5.74) is -1.04. The number of aliphatic carboxylic acids is 1. The van der Waals surface area contributed by atoms with E-state index in [-0.39, 0.29) is 6.61 Å². The van der Waals surface area contributed by atoms with Gasteiger partial charge >= 0.3 is 5.97 Å². The lowest BCUT2D eigenvalue weighted by Gasteiger charge is -2.18. The van der Waals surface area contributed by atoms with Crippen LogP contribution in [0.2, 0.25) is 0 Å². The molecular weight excluding hydrogens is 198 g/mol. The first-order chi connectivity index (χ1) is 6.92. The van der Waals surface area contributed by atoms with E-state index in [2.05, 4.69) is 4.98 Å². The summed E-state index contributed by atoms with van der Waals surface area (Å²) in [5, 5.41) is 18.0. The largest absolute Gasteiger partial charge is 0.488 e. The first kappa shape index (κ1) is 11.5. The second kappa shape index (κ2) is 4.27. The summed E-state index contributed by atoms with van der Waals surface area (Å²) >= 11 is 0. The highest BCUT2D eigenvalue weighted by Crippen LogP contribution is 2.12. The summed E-state index contributed by atoms with van der Waals surface area (Å²) in [6.07, 6.45) is 1.48. The van der Waals surface area contributed by atoms with Crippen molar-refractivity contribution >= 4 is 5.97 Å². The van der Waals surface area contributed by atoms with E-state index >= 15 is 0 Å². The van der Waals surface area contributed by atoms with Gasteiger partial charge in [0.15, 0.2) is 5.60 Å². The Morgan fingerprint density at radius 1 is 1.60 bits per heavy atom. The molecule has 5 heteroatoms. The number of aryl methyl sites for hydroxylation is 1. The minimum atomic E-state index is -1.88. The fraction of sp³-hybridized carbons (Fsp3) is 0.400. The molecule has 0 aromatic carbocycles. The van der Waals surface area contributed by atoms with Crippen LogP contribution in [0.4, 0.5) is 0 Å².